The maximum Gasteiger partial charge on any atom is 0.0601 e. The molecule has 0 radical (unpaired) electrons. The Morgan fingerprint density at radius 2 is 1.23 bits per heavy atom. The SMILES string of the molecule is C1CCCC(C2NCCN2)CCC1. The summed E-state index contributed by atoms with van der Waals surface area (Å²) in [5.41, 5.74) is 0. The highest BCUT2D eigenvalue weighted by Gasteiger charge is 2.23. The lowest BCUT2D eigenvalue weighted by atomic mass is 9.89. The van der Waals surface area contributed by atoms with Crippen molar-refractivity contribution in [2.75, 3.05) is 13.1 Å². The smallest absolute Gasteiger partial charge is 0.0601 e. The zero-order chi connectivity index (χ0) is 8.93. The molecule has 1 aliphatic carbocycles. The first-order valence-corrected chi connectivity index (χ1v) is 5.93. The van der Waals surface area contributed by atoms with Crippen LogP contribution in [0.3, 0.4) is 0 Å². The fourth-order valence-corrected chi connectivity index (χ4v) is 2.68. The summed E-state index contributed by atoms with van der Waals surface area (Å²) in [7, 11) is 0. The lowest BCUT2D eigenvalue weighted by molar-refractivity contribution is 0.288. The first kappa shape index (κ1) is 9.47. The van der Waals surface area contributed by atoms with Crippen molar-refractivity contribution in [2.24, 2.45) is 5.92 Å². The number of nitrogens with one attached hydrogen (secondary N) is 2. The fourth-order valence-electron chi connectivity index (χ4n) is 2.68. The van der Waals surface area contributed by atoms with E-state index in [0.29, 0.717) is 6.17 Å². The van der Waals surface area contributed by atoms with Crippen LogP contribution in [0.5, 0.6) is 0 Å². The Labute approximate surface area is 81.5 Å². The normalized spacial score (nSPS) is 28.6. The molecule has 0 amide bonds. The summed E-state index contributed by atoms with van der Waals surface area (Å²) in [5, 5.41) is 7.13. The molecule has 2 aliphatic rings. The third-order valence-electron chi connectivity index (χ3n) is 3.47. The van der Waals surface area contributed by atoms with Gasteiger partial charge in [-0.25, -0.2) is 0 Å². The first-order valence-electron chi connectivity index (χ1n) is 5.93. The average molecular weight is 182 g/mol. The standard InChI is InChI=1S/C11H22N2/c1-2-4-6-10(7-5-3-1)11-12-8-9-13-11/h10-13H,1-9H2. The molecule has 2 N–H and O–H groups in total. The second-order valence-corrected chi connectivity index (χ2v) is 4.49. The van der Waals surface area contributed by atoms with Crippen LogP contribution in [0, 0.1) is 5.92 Å². The highest BCUT2D eigenvalue weighted by Crippen LogP contribution is 2.24. The van der Waals surface area contributed by atoms with Gasteiger partial charge in [-0.2, -0.15) is 0 Å². The minimum atomic E-state index is 0.637. The van der Waals surface area contributed by atoms with E-state index < -0.39 is 0 Å². The molecule has 2 rings (SSSR count). The molecule has 1 saturated carbocycles. The van der Waals surface area contributed by atoms with E-state index in [0.717, 1.165) is 5.92 Å². The summed E-state index contributed by atoms with van der Waals surface area (Å²) in [6, 6.07) is 0. The van der Waals surface area contributed by atoms with E-state index >= 15 is 0 Å². The van der Waals surface area contributed by atoms with Crippen molar-refractivity contribution in [1.29, 1.82) is 0 Å². The van der Waals surface area contributed by atoms with E-state index in [9.17, 15) is 0 Å². The summed E-state index contributed by atoms with van der Waals surface area (Å²) >= 11 is 0. The quantitative estimate of drug-likeness (QED) is 0.647. The molecule has 0 spiro atoms. The summed E-state index contributed by atoms with van der Waals surface area (Å²) in [5.74, 6) is 0.905. The highest BCUT2D eigenvalue weighted by atomic mass is 15.2. The van der Waals surface area contributed by atoms with E-state index in [1.165, 1.54) is 58.0 Å². The topological polar surface area (TPSA) is 24.1 Å². The van der Waals surface area contributed by atoms with Gasteiger partial charge in [0.2, 0.25) is 0 Å². The van der Waals surface area contributed by atoms with Crippen LogP contribution in [0.1, 0.15) is 44.9 Å². The highest BCUT2D eigenvalue weighted by molar-refractivity contribution is 4.80. The molecule has 76 valence electrons. The Hall–Kier alpha value is -0.0800. The average Bonchev–Trinajstić information content (AvgIpc) is 2.55. The van der Waals surface area contributed by atoms with Crippen LogP contribution in [-0.2, 0) is 0 Å². The van der Waals surface area contributed by atoms with Crippen molar-refractivity contribution < 1.29 is 0 Å². The predicted octanol–water partition coefficient (Wildman–Crippen LogP) is 1.87. The van der Waals surface area contributed by atoms with Gasteiger partial charge in [0.05, 0.1) is 6.17 Å². The number of hydrogen-bond donors (Lipinski definition) is 2. The molecule has 0 atom stereocenters. The van der Waals surface area contributed by atoms with Gasteiger partial charge in [-0.05, 0) is 18.8 Å². The van der Waals surface area contributed by atoms with Gasteiger partial charge in [0, 0.05) is 13.1 Å². The van der Waals surface area contributed by atoms with Crippen LogP contribution in [0.4, 0.5) is 0 Å². The van der Waals surface area contributed by atoms with Crippen LogP contribution >= 0.6 is 0 Å². The van der Waals surface area contributed by atoms with Gasteiger partial charge in [-0.3, -0.25) is 0 Å². The number of rotatable bonds is 1. The molecule has 2 fully saturated rings. The second kappa shape index (κ2) is 4.97. The van der Waals surface area contributed by atoms with Gasteiger partial charge in [0.25, 0.3) is 0 Å². The van der Waals surface area contributed by atoms with Gasteiger partial charge in [-0.15, -0.1) is 0 Å². The van der Waals surface area contributed by atoms with Gasteiger partial charge in [-0.1, -0.05) is 32.1 Å². The van der Waals surface area contributed by atoms with Crippen molar-refractivity contribution in [3.8, 4) is 0 Å². The van der Waals surface area contributed by atoms with Crippen LogP contribution in [0.2, 0.25) is 0 Å². The lowest BCUT2D eigenvalue weighted by Gasteiger charge is -2.25. The fraction of sp³-hybridized carbons (Fsp3) is 1.00. The van der Waals surface area contributed by atoms with Crippen LogP contribution in [0.15, 0.2) is 0 Å². The third-order valence-corrected chi connectivity index (χ3v) is 3.47. The van der Waals surface area contributed by atoms with Crippen molar-refractivity contribution in [1.82, 2.24) is 10.6 Å². The molecule has 2 nitrogen and oxygen atoms in total. The van der Waals surface area contributed by atoms with Crippen molar-refractivity contribution in [3.05, 3.63) is 0 Å². The number of hydrogen-bond acceptors (Lipinski definition) is 2. The summed E-state index contributed by atoms with van der Waals surface area (Å²) < 4.78 is 0. The van der Waals surface area contributed by atoms with E-state index in [-0.39, 0.29) is 0 Å². The molecule has 0 unspecified atom stereocenters. The van der Waals surface area contributed by atoms with E-state index in [4.69, 9.17) is 0 Å². The zero-order valence-electron chi connectivity index (χ0n) is 8.52. The Bertz CT molecular complexity index is 133. The van der Waals surface area contributed by atoms with E-state index in [1.807, 2.05) is 0 Å². The molecular formula is C11H22N2. The van der Waals surface area contributed by atoms with Gasteiger partial charge < -0.3 is 10.6 Å². The Morgan fingerprint density at radius 3 is 1.85 bits per heavy atom. The van der Waals surface area contributed by atoms with E-state index in [2.05, 4.69) is 10.6 Å². The third kappa shape index (κ3) is 2.68. The van der Waals surface area contributed by atoms with Crippen LogP contribution in [-0.4, -0.2) is 19.3 Å². The molecule has 1 heterocycles. The van der Waals surface area contributed by atoms with Crippen molar-refractivity contribution in [3.63, 3.8) is 0 Å². The maximum atomic E-state index is 3.56. The minimum Gasteiger partial charge on any atom is -0.300 e. The molecule has 2 heteroatoms. The summed E-state index contributed by atoms with van der Waals surface area (Å²) in [6.07, 6.45) is 10.8. The Kier molecular flexibility index (Phi) is 3.62. The maximum absolute atomic E-state index is 3.56. The monoisotopic (exact) mass is 182 g/mol. The van der Waals surface area contributed by atoms with Crippen molar-refractivity contribution >= 4 is 0 Å². The molecular weight excluding hydrogens is 160 g/mol. The molecule has 13 heavy (non-hydrogen) atoms. The Balaban J connectivity index is 1.80. The predicted molar refractivity (Wildman–Crippen MR) is 55.6 cm³/mol. The largest absolute Gasteiger partial charge is 0.300 e. The van der Waals surface area contributed by atoms with Gasteiger partial charge in [0.1, 0.15) is 0 Å². The second-order valence-electron chi connectivity index (χ2n) is 4.49. The summed E-state index contributed by atoms with van der Waals surface area (Å²) in [6.45, 7) is 2.34. The molecule has 1 aliphatic heterocycles. The van der Waals surface area contributed by atoms with Crippen LogP contribution < -0.4 is 10.6 Å². The molecule has 0 aromatic carbocycles. The molecule has 1 saturated heterocycles. The minimum absolute atomic E-state index is 0.637. The molecule has 0 bridgehead atoms. The zero-order valence-corrected chi connectivity index (χ0v) is 8.52. The first-order chi connectivity index (χ1) is 6.47. The molecule has 0 aromatic heterocycles. The van der Waals surface area contributed by atoms with Gasteiger partial charge >= 0.3 is 0 Å². The van der Waals surface area contributed by atoms with E-state index in [1.54, 1.807) is 0 Å². The van der Waals surface area contributed by atoms with Crippen LogP contribution in [0.25, 0.3) is 0 Å². The molecule has 0 aromatic rings. The lowest BCUT2D eigenvalue weighted by Crippen LogP contribution is -2.39. The summed E-state index contributed by atoms with van der Waals surface area (Å²) in [4.78, 5) is 0. The van der Waals surface area contributed by atoms with Crippen molar-refractivity contribution in [2.45, 2.75) is 51.1 Å². The van der Waals surface area contributed by atoms with Gasteiger partial charge in [0.15, 0.2) is 0 Å². The Morgan fingerprint density at radius 1 is 0.692 bits per heavy atom.